The molecule has 1 aromatic carbocycles. The molecule has 0 spiro atoms. The van der Waals surface area contributed by atoms with Gasteiger partial charge in [0.2, 0.25) is 6.54 Å². The van der Waals surface area contributed by atoms with Gasteiger partial charge in [0.25, 0.3) is 0 Å². The molecule has 74 valence electrons. The van der Waals surface area contributed by atoms with E-state index in [-0.39, 0.29) is 11.5 Å². The van der Waals surface area contributed by atoms with Gasteiger partial charge in [-0.2, -0.15) is 0 Å². The average molecular weight is 191 g/mol. The van der Waals surface area contributed by atoms with E-state index >= 15 is 0 Å². The fourth-order valence-electron chi connectivity index (χ4n) is 1.59. The molecule has 0 radical (unpaired) electrons. The number of rotatable bonds is 4. The minimum Gasteiger partial charge on any atom is -0.265 e. The van der Waals surface area contributed by atoms with Gasteiger partial charge in [-0.3, -0.25) is 10.1 Å². The zero-order valence-corrected chi connectivity index (χ0v) is 7.98. The smallest absolute Gasteiger partial charge is 0.207 e. The third-order valence-electron chi connectivity index (χ3n) is 2.61. The molecular weight excluding hydrogens is 178 g/mol. The lowest BCUT2D eigenvalue weighted by atomic mass is 10.1. The van der Waals surface area contributed by atoms with Crippen LogP contribution in [-0.4, -0.2) is 11.5 Å². The molecule has 1 aliphatic carbocycles. The van der Waals surface area contributed by atoms with Crippen molar-refractivity contribution in [3.8, 4) is 0 Å². The molecule has 0 atom stereocenters. The molecule has 0 bridgehead atoms. The Hall–Kier alpha value is -1.38. The summed E-state index contributed by atoms with van der Waals surface area (Å²) in [6.07, 6.45) is 3.14. The van der Waals surface area contributed by atoms with Gasteiger partial charge in [0.1, 0.15) is 0 Å². The summed E-state index contributed by atoms with van der Waals surface area (Å²) in [6.45, 7) is 0.0305. The number of benzene rings is 1. The monoisotopic (exact) mass is 191 g/mol. The van der Waals surface area contributed by atoms with E-state index in [1.165, 1.54) is 18.4 Å². The van der Waals surface area contributed by atoms with Crippen molar-refractivity contribution in [2.24, 2.45) is 0 Å². The molecule has 3 heteroatoms. The minimum atomic E-state index is -0.269. The summed E-state index contributed by atoms with van der Waals surface area (Å²) in [5, 5.41) is 10.2. The first-order valence-corrected chi connectivity index (χ1v) is 4.96. The van der Waals surface area contributed by atoms with Crippen molar-refractivity contribution < 1.29 is 4.92 Å². The van der Waals surface area contributed by atoms with Crippen molar-refractivity contribution in [2.45, 2.75) is 25.2 Å². The molecule has 3 nitrogen and oxygen atoms in total. The van der Waals surface area contributed by atoms with Gasteiger partial charge in [-0.15, -0.1) is 0 Å². The Kier molecular flexibility index (Phi) is 2.48. The van der Waals surface area contributed by atoms with Gasteiger partial charge in [-0.05, 0) is 29.9 Å². The van der Waals surface area contributed by atoms with E-state index in [0.717, 1.165) is 11.5 Å². The van der Waals surface area contributed by atoms with Crippen molar-refractivity contribution >= 4 is 0 Å². The van der Waals surface area contributed by atoms with Gasteiger partial charge in [-0.25, -0.2) is 0 Å². The quantitative estimate of drug-likeness (QED) is 0.541. The summed E-state index contributed by atoms with van der Waals surface area (Å²) in [6, 6.07) is 8.23. The SMILES string of the molecule is O=[N+]([O-])CCc1ccc(C2CC2)cc1. The van der Waals surface area contributed by atoms with E-state index in [1.54, 1.807) is 0 Å². The average Bonchev–Trinajstić information content (AvgIpc) is 2.99. The van der Waals surface area contributed by atoms with Crippen molar-refractivity contribution in [2.75, 3.05) is 6.54 Å². The number of hydrogen-bond donors (Lipinski definition) is 0. The van der Waals surface area contributed by atoms with E-state index < -0.39 is 0 Å². The predicted octanol–water partition coefficient (Wildman–Crippen LogP) is 2.38. The van der Waals surface area contributed by atoms with E-state index in [0.29, 0.717) is 6.42 Å². The highest BCUT2D eigenvalue weighted by Gasteiger charge is 2.22. The summed E-state index contributed by atoms with van der Waals surface area (Å²) in [4.78, 5) is 9.89. The van der Waals surface area contributed by atoms with Crippen LogP contribution in [0.4, 0.5) is 0 Å². The number of nitrogens with zero attached hydrogens (tertiary/aromatic N) is 1. The second kappa shape index (κ2) is 3.78. The van der Waals surface area contributed by atoms with Crippen LogP contribution in [0.3, 0.4) is 0 Å². The predicted molar refractivity (Wildman–Crippen MR) is 54.0 cm³/mol. The maximum Gasteiger partial charge on any atom is 0.207 e. The molecule has 0 aromatic heterocycles. The lowest BCUT2D eigenvalue weighted by Crippen LogP contribution is -2.03. The topological polar surface area (TPSA) is 43.1 Å². The highest BCUT2D eigenvalue weighted by molar-refractivity contribution is 5.28. The first kappa shape index (κ1) is 9.19. The molecule has 2 rings (SSSR count). The van der Waals surface area contributed by atoms with Crippen LogP contribution < -0.4 is 0 Å². The normalized spacial score (nSPS) is 15.4. The first-order valence-electron chi connectivity index (χ1n) is 4.96. The Balaban J connectivity index is 1.95. The van der Waals surface area contributed by atoms with Gasteiger partial charge >= 0.3 is 0 Å². The third-order valence-corrected chi connectivity index (χ3v) is 2.61. The van der Waals surface area contributed by atoms with Gasteiger partial charge < -0.3 is 0 Å². The number of nitro groups is 1. The van der Waals surface area contributed by atoms with Crippen molar-refractivity contribution in [1.82, 2.24) is 0 Å². The largest absolute Gasteiger partial charge is 0.265 e. The maximum absolute atomic E-state index is 10.2. The second-order valence-corrected chi connectivity index (χ2v) is 3.82. The second-order valence-electron chi connectivity index (χ2n) is 3.82. The van der Waals surface area contributed by atoms with Gasteiger partial charge in [0.05, 0.1) is 0 Å². The zero-order valence-electron chi connectivity index (χ0n) is 7.98. The van der Waals surface area contributed by atoms with Crippen LogP contribution in [0, 0.1) is 10.1 Å². The van der Waals surface area contributed by atoms with E-state index in [9.17, 15) is 10.1 Å². The molecule has 0 N–H and O–H groups in total. The Morgan fingerprint density at radius 1 is 1.29 bits per heavy atom. The maximum atomic E-state index is 10.2. The van der Waals surface area contributed by atoms with Crippen LogP contribution in [0.15, 0.2) is 24.3 Å². The lowest BCUT2D eigenvalue weighted by molar-refractivity contribution is -0.479. The fourth-order valence-corrected chi connectivity index (χ4v) is 1.59. The van der Waals surface area contributed by atoms with Crippen molar-refractivity contribution in [3.63, 3.8) is 0 Å². The summed E-state index contributed by atoms with van der Waals surface area (Å²) >= 11 is 0. The Morgan fingerprint density at radius 3 is 2.43 bits per heavy atom. The summed E-state index contributed by atoms with van der Waals surface area (Å²) in [7, 11) is 0. The van der Waals surface area contributed by atoms with Crippen molar-refractivity contribution in [3.05, 3.63) is 45.5 Å². The molecule has 0 heterocycles. The Morgan fingerprint density at radius 2 is 1.93 bits per heavy atom. The first-order chi connectivity index (χ1) is 6.75. The van der Waals surface area contributed by atoms with E-state index in [4.69, 9.17) is 0 Å². The lowest BCUT2D eigenvalue weighted by Gasteiger charge is -2.00. The van der Waals surface area contributed by atoms with E-state index in [2.05, 4.69) is 12.1 Å². The Labute approximate surface area is 82.9 Å². The molecule has 1 aromatic rings. The van der Waals surface area contributed by atoms with Crippen LogP contribution in [-0.2, 0) is 6.42 Å². The summed E-state index contributed by atoms with van der Waals surface area (Å²) < 4.78 is 0. The molecule has 1 saturated carbocycles. The van der Waals surface area contributed by atoms with Crippen molar-refractivity contribution in [1.29, 1.82) is 0 Å². The summed E-state index contributed by atoms with van der Waals surface area (Å²) in [5.74, 6) is 0.763. The van der Waals surface area contributed by atoms with Gasteiger partial charge in [-0.1, -0.05) is 24.3 Å². The highest BCUT2D eigenvalue weighted by atomic mass is 16.6. The molecular formula is C11H13NO2. The molecule has 0 unspecified atom stereocenters. The third kappa shape index (κ3) is 2.31. The minimum absolute atomic E-state index is 0.0305. The van der Waals surface area contributed by atoms with E-state index in [1.807, 2.05) is 12.1 Å². The Bertz CT molecular complexity index is 328. The zero-order chi connectivity index (χ0) is 9.97. The summed E-state index contributed by atoms with van der Waals surface area (Å²) in [5.41, 5.74) is 2.45. The van der Waals surface area contributed by atoms with Crippen LogP contribution in [0.25, 0.3) is 0 Å². The van der Waals surface area contributed by atoms with Crippen LogP contribution >= 0.6 is 0 Å². The van der Waals surface area contributed by atoms with Crippen LogP contribution in [0.1, 0.15) is 29.9 Å². The van der Waals surface area contributed by atoms with Gasteiger partial charge in [0, 0.05) is 11.3 Å². The van der Waals surface area contributed by atoms with Crippen LogP contribution in [0.5, 0.6) is 0 Å². The fraction of sp³-hybridized carbons (Fsp3) is 0.455. The van der Waals surface area contributed by atoms with Crippen LogP contribution in [0.2, 0.25) is 0 Å². The molecule has 0 saturated heterocycles. The molecule has 1 fully saturated rings. The van der Waals surface area contributed by atoms with Gasteiger partial charge in [0.15, 0.2) is 0 Å². The molecule has 1 aliphatic rings. The molecule has 0 aliphatic heterocycles. The molecule has 14 heavy (non-hydrogen) atoms. The number of hydrogen-bond acceptors (Lipinski definition) is 2. The standard InChI is InChI=1S/C11H13NO2/c13-12(14)8-7-9-1-3-10(4-2-9)11-5-6-11/h1-4,11H,5-8H2. The highest BCUT2D eigenvalue weighted by Crippen LogP contribution is 2.39. The molecule has 0 amide bonds.